The third kappa shape index (κ3) is 0.860. The van der Waals surface area contributed by atoms with Crippen LogP contribution in [0.3, 0.4) is 0 Å². The highest BCUT2D eigenvalue weighted by atomic mass is 15.4. The Balaban J connectivity index is 3.17. The molecule has 0 spiro atoms. The second-order valence-corrected chi connectivity index (χ2v) is 1.97. The van der Waals surface area contributed by atoms with Crippen LogP contribution in [-0.2, 0) is 13.5 Å². The quantitative estimate of drug-likeness (QED) is 0.556. The monoisotopic (exact) mass is 136 g/mol. The molecule has 1 aromatic heterocycles. The fraction of sp³-hybridized carbons (Fsp3) is 0.500. The van der Waals surface area contributed by atoms with Gasteiger partial charge in [-0.05, 0) is 6.42 Å². The maximum absolute atomic E-state index is 8.57. The van der Waals surface area contributed by atoms with Gasteiger partial charge in [0.15, 0.2) is 5.69 Å². The molecule has 0 aliphatic carbocycles. The molecule has 4 heteroatoms. The van der Waals surface area contributed by atoms with Gasteiger partial charge in [-0.2, -0.15) is 5.26 Å². The van der Waals surface area contributed by atoms with E-state index in [1.807, 2.05) is 13.0 Å². The summed E-state index contributed by atoms with van der Waals surface area (Å²) in [7, 11) is 1.71. The first kappa shape index (κ1) is 6.75. The minimum absolute atomic E-state index is 0.558. The van der Waals surface area contributed by atoms with Crippen molar-refractivity contribution in [2.45, 2.75) is 13.3 Å². The lowest BCUT2D eigenvalue weighted by molar-refractivity contribution is 0.706. The Morgan fingerprint density at radius 3 is 2.80 bits per heavy atom. The highest BCUT2D eigenvalue weighted by molar-refractivity contribution is 5.24. The van der Waals surface area contributed by atoms with Crippen molar-refractivity contribution >= 4 is 0 Å². The van der Waals surface area contributed by atoms with Crippen LogP contribution in [0.1, 0.15) is 18.3 Å². The van der Waals surface area contributed by atoms with Crippen LogP contribution in [0.25, 0.3) is 0 Å². The van der Waals surface area contributed by atoms with Crippen molar-refractivity contribution in [1.82, 2.24) is 15.0 Å². The summed E-state index contributed by atoms with van der Waals surface area (Å²) in [6.45, 7) is 1.95. The molecule has 0 aliphatic heterocycles. The molecule has 4 nitrogen and oxygen atoms in total. The molecule has 0 atom stereocenters. The highest BCUT2D eigenvalue weighted by Crippen LogP contribution is 2.01. The van der Waals surface area contributed by atoms with Gasteiger partial charge in [-0.25, -0.2) is 4.68 Å². The Bertz CT molecular complexity index is 268. The predicted molar refractivity (Wildman–Crippen MR) is 35.1 cm³/mol. The summed E-state index contributed by atoms with van der Waals surface area (Å²) in [5.41, 5.74) is 1.33. The van der Waals surface area contributed by atoms with Crippen molar-refractivity contribution in [3.8, 4) is 6.07 Å². The van der Waals surface area contributed by atoms with Crippen LogP contribution in [0.4, 0.5) is 0 Å². The lowest BCUT2D eigenvalue weighted by atomic mass is 10.3. The zero-order valence-corrected chi connectivity index (χ0v) is 6.00. The van der Waals surface area contributed by atoms with E-state index in [-0.39, 0.29) is 0 Å². The molecule has 1 rings (SSSR count). The van der Waals surface area contributed by atoms with E-state index >= 15 is 0 Å². The zero-order valence-electron chi connectivity index (χ0n) is 6.00. The van der Waals surface area contributed by atoms with Gasteiger partial charge >= 0.3 is 0 Å². The third-order valence-electron chi connectivity index (χ3n) is 1.34. The van der Waals surface area contributed by atoms with Crippen LogP contribution in [-0.4, -0.2) is 15.0 Å². The van der Waals surface area contributed by atoms with Crippen molar-refractivity contribution in [2.75, 3.05) is 0 Å². The average Bonchev–Trinajstić information content (AvgIpc) is 2.30. The number of hydrogen-bond donors (Lipinski definition) is 0. The first-order valence-electron chi connectivity index (χ1n) is 3.08. The van der Waals surface area contributed by atoms with Gasteiger partial charge in [0, 0.05) is 7.05 Å². The molecule has 0 aliphatic rings. The summed E-state index contributed by atoms with van der Waals surface area (Å²) in [5.74, 6) is 0. The first-order chi connectivity index (χ1) is 4.79. The van der Waals surface area contributed by atoms with Crippen LogP contribution in [0.2, 0.25) is 0 Å². The van der Waals surface area contributed by atoms with Crippen molar-refractivity contribution in [3.63, 3.8) is 0 Å². The smallest absolute Gasteiger partial charge is 0.161 e. The zero-order chi connectivity index (χ0) is 7.56. The molecule has 0 N–H and O–H groups in total. The van der Waals surface area contributed by atoms with Crippen LogP contribution in [0, 0.1) is 11.3 Å². The molecule has 1 aromatic rings. The maximum Gasteiger partial charge on any atom is 0.161 e. The molecule has 0 aromatic carbocycles. The Morgan fingerprint density at radius 2 is 2.40 bits per heavy atom. The fourth-order valence-corrected chi connectivity index (χ4v) is 0.775. The van der Waals surface area contributed by atoms with Crippen molar-refractivity contribution in [2.24, 2.45) is 7.05 Å². The summed E-state index contributed by atoms with van der Waals surface area (Å²) >= 11 is 0. The summed E-state index contributed by atoms with van der Waals surface area (Å²) in [4.78, 5) is 0. The Morgan fingerprint density at radius 1 is 1.70 bits per heavy atom. The SMILES string of the molecule is CCc1nnn(C)c1C#N. The second-order valence-electron chi connectivity index (χ2n) is 1.97. The van der Waals surface area contributed by atoms with Crippen LogP contribution in [0.5, 0.6) is 0 Å². The summed E-state index contributed by atoms with van der Waals surface area (Å²) in [6.07, 6.45) is 0.761. The second kappa shape index (κ2) is 2.48. The Kier molecular flexibility index (Phi) is 1.67. The molecule has 0 fully saturated rings. The normalized spacial score (nSPS) is 9.30. The van der Waals surface area contributed by atoms with Crippen molar-refractivity contribution < 1.29 is 0 Å². The Hall–Kier alpha value is -1.37. The van der Waals surface area contributed by atoms with E-state index in [1.165, 1.54) is 4.68 Å². The Labute approximate surface area is 59.1 Å². The van der Waals surface area contributed by atoms with Gasteiger partial charge in [0.25, 0.3) is 0 Å². The van der Waals surface area contributed by atoms with Gasteiger partial charge in [0.2, 0.25) is 0 Å². The minimum atomic E-state index is 0.558. The maximum atomic E-state index is 8.57. The average molecular weight is 136 g/mol. The van der Waals surface area contributed by atoms with Crippen LogP contribution < -0.4 is 0 Å². The summed E-state index contributed by atoms with van der Waals surface area (Å²) < 4.78 is 1.48. The van der Waals surface area contributed by atoms with Gasteiger partial charge < -0.3 is 0 Å². The van der Waals surface area contributed by atoms with E-state index in [9.17, 15) is 0 Å². The van der Waals surface area contributed by atoms with Gasteiger partial charge in [0.05, 0.1) is 0 Å². The van der Waals surface area contributed by atoms with E-state index in [2.05, 4.69) is 10.3 Å². The molecule has 0 unspecified atom stereocenters. The fourth-order valence-electron chi connectivity index (χ4n) is 0.775. The largest absolute Gasteiger partial charge is 0.237 e. The molecule has 0 bridgehead atoms. The van der Waals surface area contributed by atoms with Gasteiger partial charge in [0.1, 0.15) is 11.8 Å². The van der Waals surface area contributed by atoms with Gasteiger partial charge in [-0.3, -0.25) is 0 Å². The first-order valence-corrected chi connectivity index (χ1v) is 3.08. The predicted octanol–water partition coefficient (Wildman–Crippen LogP) is 0.249. The third-order valence-corrected chi connectivity index (χ3v) is 1.34. The molecule has 0 saturated heterocycles. The molecule has 10 heavy (non-hydrogen) atoms. The van der Waals surface area contributed by atoms with Crippen LogP contribution in [0.15, 0.2) is 0 Å². The lowest BCUT2D eigenvalue weighted by Crippen LogP contribution is -1.94. The van der Waals surface area contributed by atoms with E-state index in [4.69, 9.17) is 5.26 Å². The number of aromatic nitrogens is 3. The van der Waals surface area contributed by atoms with Gasteiger partial charge in [-0.15, -0.1) is 5.10 Å². The molecule has 0 saturated carbocycles. The van der Waals surface area contributed by atoms with Crippen molar-refractivity contribution in [3.05, 3.63) is 11.4 Å². The molecular weight excluding hydrogens is 128 g/mol. The number of nitriles is 1. The van der Waals surface area contributed by atoms with E-state index < -0.39 is 0 Å². The van der Waals surface area contributed by atoms with Crippen molar-refractivity contribution in [1.29, 1.82) is 5.26 Å². The topological polar surface area (TPSA) is 54.5 Å². The number of hydrogen-bond acceptors (Lipinski definition) is 3. The molecular formula is C6H8N4. The molecule has 52 valence electrons. The number of rotatable bonds is 1. The lowest BCUT2D eigenvalue weighted by Gasteiger charge is -1.87. The highest BCUT2D eigenvalue weighted by Gasteiger charge is 2.05. The molecule has 0 amide bonds. The number of nitrogens with zero attached hydrogens (tertiary/aromatic N) is 4. The van der Waals surface area contributed by atoms with E-state index in [0.29, 0.717) is 5.69 Å². The van der Waals surface area contributed by atoms with Gasteiger partial charge in [-0.1, -0.05) is 12.1 Å². The van der Waals surface area contributed by atoms with Crippen LogP contribution >= 0.6 is 0 Å². The van der Waals surface area contributed by atoms with E-state index in [1.54, 1.807) is 7.05 Å². The molecule has 1 heterocycles. The number of aryl methyl sites for hydroxylation is 2. The summed E-state index contributed by atoms with van der Waals surface area (Å²) in [6, 6.07) is 2.03. The standard InChI is InChI=1S/C6H8N4/c1-3-5-6(4-7)10(2)9-8-5/h3H2,1-2H3. The molecule has 0 radical (unpaired) electrons. The minimum Gasteiger partial charge on any atom is -0.237 e. The van der Waals surface area contributed by atoms with E-state index in [0.717, 1.165) is 12.1 Å². The summed E-state index contributed by atoms with van der Waals surface area (Å²) in [5, 5.41) is 16.1.